The molecule has 0 N–H and O–H groups in total. The van der Waals surface area contributed by atoms with Gasteiger partial charge in [-0.2, -0.15) is 13.2 Å². The molecule has 0 aliphatic heterocycles. The minimum atomic E-state index is -4.51. The Hall–Kier alpha value is -1.98. The molecule has 0 spiro atoms. The van der Waals surface area contributed by atoms with Gasteiger partial charge in [-0.1, -0.05) is 18.2 Å². The van der Waals surface area contributed by atoms with Crippen molar-refractivity contribution in [3.05, 3.63) is 36.0 Å². The minimum Gasteiger partial charge on any atom is -0.465 e. The van der Waals surface area contributed by atoms with Crippen molar-refractivity contribution in [2.75, 3.05) is 6.61 Å². The maximum absolute atomic E-state index is 12.9. The molecular formula is C13H12F3NO2. The van der Waals surface area contributed by atoms with Crippen molar-refractivity contribution in [3.8, 4) is 0 Å². The normalized spacial score (nSPS) is 11.8. The van der Waals surface area contributed by atoms with Crippen molar-refractivity contribution >= 4 is 16.9 Å². The van der Waals surface area contributed by atoms with Crippen LogP contribution in [0.15, 0.2) is 30.3 Å². The highest BCUT2D eigenvalue weighted by molar-refractivity contribution is 5.83. The molecule has 2 aromatic rings. The van der Waals surface area contributed by atoms with Gasteiger partial charge in [0, 0.05) is 10.9 Å². The second-order valence-corrected chi connectivity index (χ2v) is 3.98. The first-order chi connectivity index (χ1) is 8.93. The van der Waals surface area contributed by atoms with E-state index in [-0.39, 0.29) is 6.61 Å². The van der Waals surface area contributed by atoms with Gasteiger partial charge in [0.1, 0.15) is 12.2 Å². The largest absolute Gasteiger partial charge is 0.465 e. The van der Waals surface area contributed by atoms with Crippen LogP contribution >= 0.6 is 0 Å². The van der Waals surface area contributed by atoms with E-state index in [0.717, 1.165) is 10.6 Å². The number of esters is 1. The lowest BCUT2D eigenvalue weighted by molar-refractivity contribution is -0.148. The number of aromatic nitrogens is 1. The molecule has 0 aliphatic carbocycles. The maximum atomic E-state index is 12.9. The van der Waals surface area contributed by atoms with Crippen molar-refractivity contribution in [1.82, 2.24) is 4.57 Å². The van der Waals surface area contributed by atoms with Gasteiger partial charge in [-0.05, 0) is 19.1 Å². The maximum Gasteiger partial charge on any atom is 0.431 e. The number of ether oxygens (including phenoxy) is 1. The summed E-state index contributed by atoms with van der Waals surface area (Å²) in [4.78, 5) is 11.4. The van der Waals surface area contributed by atoms with E-state index < -0.39 is 24.4 Å². The molecule has 0 saturated heterocycles. The number of rotatable bonds is 3. The Morgan fingerprint density at radius 3 is 2.63 bits per heavy atom. The summed E-state index contributed by atoms with van der Waals surface area (Å²) in [6.07, 6.45) is -4.51. The molecule has 0 aliphatic rings. The third-order valence-electron chi connectivity index (χ3n) is 2.69. The van der Waals surface area contributed by atoms with Gasteiger partial charge in [0.15, 0.2) is 0 Å². The van der Waals surface area contributed by atoms with Crippen molar-refractivity contribution in [3.63, 3.8) is 0 Å². The average Bonchev–Trinajstić information content (AvgIpc) is 2.69. The van der Waals surface area contributed by atoms with Crippen molar-refractivity contribution < 1.29 is 22.7 Å². The zero-order chi connectivity index (χ0) is 14.0. The van der Waals surface area contributed by atoms with Crippen LogP contribution in [0.3, 0.4) is 0 Å². The highest BCUT2D eigenvalue weighted by Crippen LogP contribution is 2.33. The molecule has 1 aromatic carbocycles. The first-order valence-corrected chi connectivity index (χ1v) is 5.74. The molecule has 0 fully saturated rings. The summed E-state index contributed by atoms with van der Waals surface area (Å²) in [5.74, 6) is -0.686. The average molecular weight is 271 g/mol. The van der Waals surface area contributed by atoms with Crippen LogP contribution < -0.4 is 0 Å². The van der Waals surface area contributed by atoms with E-state index in [2.05, 4.69) is 0 Å². The summed E-state index contributed by atoms with van der Waals surface area (Å²) in [6, 6.07) is 7.44. The standard InChI is InChI=1S/C13H12F3NO2/c1-2-19-12(18)8-17-10-6-4-3-5-9(10)7-11(17)13(14,15)16/h3-7H,2,8H2,1H3. The Balaban J connectivity index is 2.52. The topological polar surface area (TPSA) is 31.2 Å². The van der Waals surface area contributed by atoms with Crippen LogP contribution in [0.5, 0.6) is 0 Å². The quantitative estimate of drug-likeness (QED) is 0.802. The molecule has 0 atom stereocenters. The molecule has 19 heavy (non-hydrogen) atoms. The Bertz CT molecular complexity index is 601. The molecule has 3 nitrogen and oxygen atoms in total. The van der Waals surface area contributed by atoms with Gasteiger partial charge >= 0.3 is 12.1 Å². The van der Waals surface area contributed by atoms with Gasteiger partial charge in [0.25, 0.3) is 0 Å². The number of benzene rings is 1. The van der Waals surface area contributed by atoms with Gasteiger partial charge in [-0.25, -0.2) is 0 Å². The summed E-state index contributed by atoms with van der Waals surface area (Å²) in [7, 11) is 0. The van der Waals surface area contributed by atoms with Crippen LogP contribution in [0.2, 0.25) is 0 Å². The third-order valence-corrected chi connectivity index (χ3v) is 2.69. The van der Waals surface area contributed by atoms with Gasteiger partial charge in [-0.3, -0.25) is 4.79 Å². The second kappa shape index (κ2) is 4.95. The van der Waals surface area contributed by atoms with E-state index in [1.54, 1.807) is 31.2 Å². The summed E-state index contributed by atoms with van der Waals surface area (Å²) < 4.78 is 44.5. The summed E-state index contributed by atoms with van der Waals surface area (Å²) >= 11 is 0. The molecule has 6 heteroatoms. The fourth-order valence-electron chi connectivity index (χ4n) is 1.95. The van der Waals surface area contributed by atoms with Crippen LogP contribution in [-0.2, 0) is 22.3 Å². The predicted molar refractivity (Wildman–Crippen MR) is 63.6 cm³/mol. The van der Waals surface area contributed by atoms with E-state index in [0.29, 0.717) is 10.9 Å². The first kappa shape index (κ1) is 13.5. The van der Waals surface area contributed by atoms with Crippen molar-refractivity contribution in [1.29, 1.82) is 0 Å². The number of hydrogen-bond donors (Lipinski definition) is 0. The minimum absolute atomic E-state index is 0.138. The van der Waals surface area contributed by atoms with Crippen LogP contribution in [-0.4, -0.2) is 17.1 Å². The van der Waals surface area contributed by atoms with E-state index in [9.17, 15) is 18.0 Å². The van der Waals surface area contributed by atoms with E-state index in [1.807, 2.05) is 0 Å². The Labute approximate surface area is 107 Å². The highest BCUT2D eigenvalue weighted by atomic mass is 19.4. The first-order valence-electron chi connectivity index (χ1n) is 5.74. The molecule has 102 valence electrons. The van der Waals surface area contributed by atoms with Crippen LogP contribution in [0.4, 0.5) is 13.2 Å². The number of carbonyl (C=O) groups is 1. The monoisotopic (exact) mass is 271 g/mol. The molecule has 0 radical (unpaired) electrons. The number of carbonyl (C=O) groups excluding carboxylic acids is 1. The Morgan fingerprint density at radius 2 is 2.00 bits per heavy atom. The zero-order valence-electron chi connectivity index (χ0n) is 10.2. The zero-order valence-corrected chi connectivity index (χ0v) is 10.2. The van der Waals surface area contributed by atoms with Crippen molar-refractivity contribution in [2.24, 2.45) is 0 Å². The molecular weight excluding hydrogens is 259 g/mol. The van der Waals surface area contributed by atoms with Gasteiger partial charge in [0.05, 0.1) is 6.61 Å². The number of fused-ring (bicyclic) bond motifs is 1. The number of alkyl halides is 3. The molecule has 1 aromatic heterocycles. The van der Waals surface area contributed by atoms with Gasteiger partial charge in [-0.15, -0.1) is 0 Å². The van der Waals surface area contributed by atoms with Gasteiger partial charge < -0.3 is 9.30 Å². The lowest BCUT2D eigenvalue weighted by Crippen LogP contribution is -2.19. The number of hydrogen-bond acceptors (Lipinski definition) is 2. The lowest BCUT2D eigenvalue weighted by Gasteiger charge is -2.12. The van der Waals surface area contributed by atoms with Crippen LogP contribution in [0.25, 0.3) is 10.9 Å². The summed E-state index contributed by atoms with van der Waals surface area (Å²) in [5.41, 5.74) is -0.482. The predicted octanol–water partition coefficient (Wildman–Crippen LogP) is 3.22. The smallest absolute Gasteiger partial charge is 0.431 e. The fourth-order valence-corrected chi connectivity index (χ4v) is 1.95. The molecule has 0 amide bonds. The Morgan fingerprint density at radius 1 is 1.32 bits per heavy atom. The lowest BCUT2D eigenvalue weighted by atomic mass is 10.2. The number of halogens is 3. The summed E-state index contributed by atoms with van der Waals surface area (Å²) in [6.45, 7) is 1.30. The number of para-hydroxylation sites is 1. The third kappa shape index (κ3) is 2.72. The van der Waals surface area contributed by atoms with E-state index in [4.69, 9.17) is 4.74 Å². The molecule has 1 heterocycles. The molecule has 0 bridgehead atoms. The van der Waals surface area contributed by atoms with Crippen LogP contribution in [0, 0.1) is 0 Å². The fraction of sp³-hybridized carbons (Fsp3) is 0.308. The van der Waals surface area contributed by atoms with Crippen molar-refractivity contribution in [2.45, 2.75) is 19.6 Å². The molecule has 2 rings (SSSR count). The second-order valence-electron chi connectivity index (χ2n) is 3.98. The van der Waals surface area contributed by atoms with Crippen LogP contribution in [0.1, 0.15) is 12.6 Å². The van der Waals surface area contributed by atoms with Gasteiger partial charge in [0.2, 0.25) is 0 Å². The molecule has 0 unspecified atom stereocenters. The molecule has 0 saturated carbocycles. The summed E-state index contributed by atoms with van der Waals surface area (Å²) in [5, 5.41) is 0.444. The highest BCUT2D eigenvalue weighted by Gasteiger charge is 2.35. The van der Waals surface area contributed by atoms with E-state index >= 15 is 0 Å². The van der Waals surface area contributed by atoms with E-state index in [1.165, 1.54) is 0 Å². The number of nitrogens with zero attached hydrogens (tertiary/aromatic N) is 1. The SMILES string of the molecule is CCOC(=O)Cn1c(C(F)(F)F)cc2ccccc21. The Kier molecular flexibility index (Phi) is 3.50.